The topological polar surface area (TPSA) is 233 Å². The second-order valence-electron chi connectivity index (χ2n) is 8.94. The second kappa shape index (κ2) is 13.4. The number of nitrogens with zero attached hydrogens (tertiary/aromatic N) is 5. The van der Waals surface area contributed by atoms with Gasteiger partial charge in [-0.3, -0.25) is 18.9 Å². The molecule has 220 valence electrons. The molecule has 0 spiro atoms. The summed E-state index contributed by atoms with van der Waals surface area (Å²) >= 11 is 0. The van der Waals surface area contributed by atoms with Crippen molar-refractivity contribution in [2.45, 2.75) is 43.7 Å². The molecular weight excluding hydrogens is 575 g/mol. The van der Waals surface area contributed by atoms with Gasteiger partial charge in [0.05, 0.1) is 0 Å². The van der Waals surface area contributed by atoms with E-state index >= 15 is 0 Å². The third kappa shape index (κ3) is 7.01. The summed E-state index contributed by atoms with van der Waals surface area (Å²) in [6.07, 6.45) is -4.16. The first-order chi connectivity index (χ1) is 20.1. The van der Waals surface area contributed by atoms with Crippen LogP contribution < -0.4 is 25.4 Å². The monoisotopic (exact) mass is 600 g/mol. The number of carbonyl (C=O) groups excluding carboxylic acids is 1. The number of para-hydroxylation sites is 2. The molecule has 0 saturated carbocycles. The molecule has 1 aliphatic heterocycles. The van der Waals surface area contributed by atoms with Crippen molar-refractivity contribution in [1.82, 2.24) is 9.55 Å². The highest BCUT2D eigenvalue weighted by molar-refractivity contribution is 7.34. The highest BCUT2D eigenvalue weighted by Gasteiger charge is 2.56. The molecule has 1 saturated heterocycles. The number of benzene rings is 2. The predicted molar refractivity (Wildman–Crippen MR) is 143 cm³/mol. The first-order valence-corrected chi connectivity index (χ1v) is 13.5. The quantitative estimate of drug-likeness (QED) is 0.0936. The molecule has 2 aromatic carbocycles. The molecule has 2 heterocycles. The summed E-state index contributed by atoms with van der Waals surface area (Å²) < 4.78 is 26.5. The Bertz CT molecular complexity index is 1610. The summed E-state index contributed by atoms with van der Waals surface area (Å²) in [4.78, 5) is 53.2. The van der Waals surface area contributed by atoms with Crippen molar-refractivity contribution in [3.8, 4) is 11.5 Å². The third-order valence-corrected chi connectivity index (χ3v) is 6.92. The van der Waals surface area contributed by atoms with Crippen molar-refractivity contribution in [2.75, 3.05) is 6.61 Å². The summed E-state index contributed by atoms with van der Waals surface area (Å²) in [6.45, 7) is 0.714. The molecular formula is C25H25N6O10P. The zero-order valence-corrected chi connectivity index (χ0v) is 22.8. The fourth-order valence-electron chi connectivity index (χ4n) is 3.90. The Kier molecular flexibility index (Phi) is 9.70. The molecule has 17 heteroatoms. The number of azide groups is 1. The van der Waals surface area contributed by atoms with Crippen LogP contribution in [0.15, 0.2) is 86.3 Å². The molecule has 3 aromatic rings. The van der Waals surface area contributed by atoms with Crippen LogP contribution in [-0.2, 0) is 20.9 Å². The van der Waals surface area contributed by atoms with Crippen LogP contribution in [0.1, 0.15) is 18.7 Å². The standard InChI is InChI=1S/C25H25N6O10P/c1-15(23(35)38-13-16-7-3-2-4-8-16)28-42(37)41-18-10-6-5-9-17(18)39-14-25(29-30-26)21(34)20(33)22(40-25)31-12-11-19(32)27-24(31)36/h2-12,15,20-22,33-34H,13-14H2,1H3,(H,27,32,36)/t15-,20-,21+,22-,25-/m1/s1. The number of hydrogen-bond donors (Lipinski definition) is 3. The van der Waals surface area contributed by atoms with Crippen LogP contribution in [0.4, 0.5) is 0 Å². The van der Waals surface area contributed by atoms with Gasteiger partial charge in [-0.2, -0.15) is 0 Å². The zero-order valence-electron chi connectivity index (χ0n) is 21.9. The van der Waals surface area contributed by atoms with E-state index in [9.17, 15) is 29.5 Å². The lowest BCUT2D eigenvalue weighted by molar-refractivity contribution is -0.170. The van der Waals surface area contributed by atoms with Crippen LogP contribution >= 0.6 is 8.17 Å². The molecule has 1 fully saturated rings. The van der Waals surface area contributed by atoms with Crippen LogP contribution in [-0.4, -0.2) is 56.3 Å². The summed E-state index contributed by atoms with van der Waals surface area (Å²) in [6, 6.07) is 14.7. The molecule has 3 N–H and O–H groups in total. The van der Waals surface area contributed by atoms with E-state index in [1.54, 1.807) is 30.3 Å². The van der Waals surface area contributed by atoms with Crippen molar-refractivity contribution in [3.63, 3.8) is 0 Å². The van der Waals surface area contributed by atoms with E-state index in [-0.39, 0.29) is 18.1 Å². The maximum Gasteiger partial charge on any atom is 0.395 e. The van der Waals surface area contributed by atoms with Gasteiger partial charge in [0.25, 0.3) is 5.56 Å². The van der Waals surface area contributed by atoms with Gasteiger partial charge in [0.2, 0.25) is 11.5 Å². The lowest BCUT2D eigenvalue weighted by Gasteiger charge is -2.26. The van der Waals surface area contributed by atoms with Gasteiger partial charge in [-0.15, -0.1) is 0 Å². The normalized spacial score (nSPS) is 22.6. The number of aliphatic hydroxyl groups excluding tert-OH is 2. The zero-order chi connectivity index (χ0) is 30.3. The number of H-pyrrole nitrogens is 1. The van der Waals surface area contributed by atoms with E-state index in [2.05, 4.69) is 14.8 Å². The van der Waals surface area contributed by atoms with Gasteiger partial charge in [0.15, 0.2) is 18.0 Å². The van der Waals surface area contributed by atoms with Gasteiger partial charge >= 0.3 is 19.8 Å². The van der Waals surface area contributed by atoms with Gasteiger partial charge in [0, 0.05) is 17.2 Å². The number of aromatic amines is 1. The molecule has 0 amide bonds. The Hall–Kier alpha value is -4.56. The van der Waals surface area contributed by atoms with Gasteiger partial charge < -0.3 is 29.3 Å². The van der Waals surface area contributed by atoms with Gasteiger partial charge in [-0.05, 0) is 30.2 Å². The van der Waals surface area contributed by atoms with E-state index < -0.39 is 62.2 Å². The molecule has 16 nitrogen and oxygen atoms in total. The van der Waals surface area contributed by atoms with E-state index in [4.69, 9.17) is 24.3 Å². The largest absolute Gasteiger partial charge is 0.575 e. The molecule has 0 bridgehead atoms. The Morgan fingerprint density at radius 3 is 2.57 bits per heavy atom. The summed E-state index contributed by atoms with van der Waals surface area (Å²) in [5.41, 5.74) is 6.04. The second-order valence-corrected chi connectivity index (χ2v) is 9.83. The minimum Gasteiger partial charge on any atom is -0.575 e. The smallest absolute Gasteiger partial charge is 0.395 e. The lowest BCUT2D eigenvalue weighted by Crippen LogP contribution is -2.46. The first kappa shape index (κ1) is 30.4. The van der Waals surface area contributed by atoms with Crippen LogP contribution in [0, 0.1) is 0 Å². The van der Waals surface area contributed by atoms with Gasteiger partial charge in [-0.25, -0.2) is 9.59 Å². The summed E-state index contributed by atoms with van der Waals surface area (Å²) in [7, 11) is -2.79. The van der Waals surface area contributed by atoms with Crippen molar-refractivity contribution < 1.29 is 38.6 Å². The Morgan fingerprint density at radius 2 is 1.88 bits per heavy atom. The number of aromatic nitrogens is 2. The molecule has 0 radical (unpaired) electrons. The van der Waals surface area contributed by atoms with Gasteiger partial charge in [0.1, 0.15) is 25.4 Å². The van der Waals surface area contributed by atoms with Crippen molar-refractivity contribution in [3.05, 3.63) is 104 Å². The summed E-state index contributed by atoms with van der Waals surface area (Å²) in [5, 5.41) is 24.8. The number of nitrogens with one attached hydrogen (secondary N) is 1. The van der Waals surface area contributed by atoms with Crippen LogP contribution in [0.25, 0.3) is 10.4 Å². The highest BCUT2D eigenvalue weighted by Crippen LogP contribution is 2.40. The van der Waals surface area contributed by atoms with E-state index in [1.807, 2.05) is 11.1 Å². The molecule has 1 aromatic heterocycles. The number of aliphatic hydroxyl groups is 2. The average molecular weight is 600 g/mol. The number of carbonyl (C=O) groups is 1. The average Bonchev–Trinajstić information content (AvgIpc) is 3.21. The van der Waals surface area contributed by atoms with E-state index in [0.717, 1.165) is 22.4 Å². The highest BCUT2D eigenvalue weighted by atomic mass is 31.1. The third-order valence-electron chi connectivity index (χ3n) is 6.03. The van der Waals surface area contributed by atoms with Crippen molar-refractivity contribution >= 4 is 14.1 Å². The van der Waals surface area contributed by atoms with E-state index in [1.165, 1.54) is 25.1 Å². The van der Waals surface area contributed by atoms with Gasteiger partial charge in [-0.1, -0.05) is 52.3 Å². The fourth-order valence-corrected chi connectivity index (χ4v) is 4.64. The molecule has 0 aliphatic carbocycles. The molecule has 6 atom stereocenters. The van der Waals surface area contributed by atoms with Crippen LogP contribution in [0.2, 0.25) is 0 Å². The lowest BCUT2D eigenvalue weighted by atomic mass is 10.1. The van der Waals surface area contributed by atoms with Crippen LogP contribution in [0.3, 0.4) is 0 Å². The van der Waals surface area contributed by atoms with Crippen LogP contribution in [0.5, 0.6) is 11.5 Å². The maximum absolute atomic E-state index is 12.6. The maximum atomic E-state index is 12.6. The molecule has 42 heavy (non-hydrogen) atoms. The Balaban J connectivity index is 1.46. The predicted octanol–water partition coefficient (Wildman–Crippen LogP) is 1.24. The number of esters is 1. The summed E-state index contributed by atoms with van der Waals surface area (Å²) in [5.74, 6) is -0.837. The molecule has 4 rings (SSSR count). The minimum atomic E-state index is -2.79. The molecule has 1 aliphatic rings. The molecule has 1 unspecified atom stereocenters. The minimum absolute atomic E-state index is 0.0150. The van der Waals surface area contributed by atoms with E-state index in [0.29, 0.717) is 0 Å². The number of hydrogen-bond acceptors (Lipinski definition) is 12. The first-order valence-electron chi connectivity index (χ1n) is 12.3. The fraction of sp³-hybridized carbons (Fsp3) is 0.320. The Labute approximate surface area is 238 Å². The SMILES string of the molecule is C[C@@H](N=[P+]([O-])Oc1ccccc1OC[C@@]1(N=[N+]=[N-])O[C@@H](n2ccc(=O)[nH]c2=O)[C@H](O)[C@@H]1O)C(=O)OCc1ccccc1. The number of ether oxygens (including phenoxy) is 3. The van der Waals surface area contributed by atoms with Crippen molar-refractivity contribution in [2.24, 2.45) is 9.86 Å². The number of rotatable bonds is 11. The Morgan fingerprint density at radius 1 is 1.19 bits per heavy atom. The van der Waals surface area contributed by atoms with Crippen molar-refractivity contribution in [1.29, 1.82) is 0 Å².